The first-order chi connectivity index (χ1) is 12.2. The number of carbonyl (C=O) groups is 1. The predicted octanol–water partition coefficient (Wildman–Crippen LogP) is 4.41. The van der Waals surface area contributed by atoms with Crippen molar-refractivity contribution in [2.24, 2.45) is 0 Å². The van der Waals surface area contributed by atoms with E-state index in [2.05, 4.69) is 17.4 Å². The number of hydrogen-bond donors (Lipinski definition) is 1. The van der Waals surface area contributed by atoms with Crippen molar-refractivity contribution in [2.75, 3.05) is 6.61 Å². The second-order valence-corrected chi connectivity index (χ2v) is 7.84. The lowest BCUT2D eigenvalue weighted by Crippen LogP contribution is -2.42. The molecule has 4 heteroatoms. The van der Waals surface area contributed by atoms with E-state index in [4.69, 9.17) is 9.47 Å². The number of amides is 1. The maximum Gasteiger partial charge on any atom is 0.258 e. The zero-order chi connectivity index (χ0) is 18.9. The van der Waals surface area contributed by atoms with Crippen LogP contribution in [0.4, 0.5) is 0 Å². The molecule has 2 aromatic rings. The van der Waals surface area contributed by atoms with Gasteiger partial charge in [0.2, 0.25) is 0 Å². The van der Waals surface area contributed by atoms with Crippen LogP contribution in [0.15, 0.2) is 36.4 Å². The number of aryl methyl sites for hydroxylation is 3. The number of benzene rings is 2. The van der Waals surface area contributed by atoms with Gasteiger partial charge in [0.15, 0.2) is 6.61 Å². The number of hydrogen-bond acceptors (Lipinski definition) is 3. The summed E-state index contributed by atoms with van der Waals surface area (Å²) in [6.45, 7) is 10.2. The molecule has 0 aromatic heterocycles. The van der Waals surface area contributed by atoms with Gasteiger partial charge >= 0.3 is 0 Å². The summed E-state index contributed by atoms with van der Waals surface area (Å²) in [5.74, 6) is 1.44. The van der Waals surface area contributed by atoms with Crippen LogP contribution in [0.2, 0.25) is 0 Å². The van der Waals surface area contributed by atoms with E-state index >= 15 is 0 Å². The van der Waals surface area contributed by atoms with Crippen molar-refractivity contribution in [3.8, 4) is 11.5 Å². The van der Waals surface area contributed by atoms with Gasteiger partial charge in [-0.15, -0.1) is 0 Å². The molecular weight excluding hydrogens is 326 g/mol. The van der Waals surface area contributed by atoms with E-state index in [9.17, 15) is 4.79 Å². The predicted molar refractivity (Wildman–Crippen MR) is 103 cm³/mol. The Kier molecular flexibility index (Phi) is 4.94. The van der Waals surface area contributed by atoms with Crippen LogP contribution in [0, 0.1) is 20.8 Å². The number of fused-ring (bicyclic) bond motifs is 1. The van der Waals surface area contributed by atoms with Crippen LogP contribution in [0.25, 0.3) is 0 Å². The monoisotopic (exact) mass is 353 g/mol. The summed E-state index contributed by atoms with van der Waals surface area (Å²) in [7, 11) is 0. The van der Waals surface area contributed by atoms with Gasteiger partial charge < -0.3 is 14.8 Å². The molecule has 2 aromatic carbocycles. The number of nitrogens with one attached hydrogen (secondary N) is 1. The molecule has 0 aliphatic carbocycles. The molecule has 26 heavy (non-hydrogen) atoms. The summed E-state index contributed by atoms with van der Waals surface area (Å²) < 4.78 is 11.8. The minimum absolute atomic E-state index is 0.00181. The highest BCUT2D eigenvalue weighted by molar-refractivity contribution is 5.78. The first kappa shape index (κ1) is 18.3. The van der Waals surface area contributed by atoms with E-state index in [1.54, 1.807) is 0 Å². The van der Waals surface area contributed by atoms with E-state index in [1.165, 1.54) is 0 Å². The van der Waals surface area contributed by atoms with E-state index in [0.29, 0.717) is 0 Å². The Hall–Kier alpha value is -2.49. The summed E-state index contributed by atoms with van der Waals surface area (Å²) in [4.78, 5) is 12.5. The van der Waals surface area contributed by atoms with Crippen LogP contribution in [-0.4, -0.2) is 18.1 Å². The molecule has 0 unspecified atom stereocenters. The summed E-state index contributed by atoms with van der Waals surface area (Å²) in [6, 6.07) is 12.0. The van der Waals surface area contributed by atoms with Gasteiger partial charge in [0, 0.05) is 12.0 Å². The molecule has 0 bridgehead atoms. The molecule has 0 radical (unpaired) electrons. The average Bonchev–Trinajstić information content (AvgIpc) is 2.52. The Morgan fingerprint density at radius 3 is 2.50 bits per heavy atom. The largest absolute Gasteiger partial charge is 0.487 e. The van der Waals surface area contributed by atoms with Gasteiger partial charge in [0.25, 0.3) is 5.91 Å². The van der Waals surface area contributed by atoms with Crippen LogP contribution >= 0.6 is 0 Å². The quantitative estimate of drug-likeness (QED) is 0.886. The van der Waals surface area contributed by atoms with Crippen LogP contribution < -0.4 is 14.8 Å². The Labute approximate surface area is 155 Å². The van der Waals surface area contributed by atoms with Crippen molar-refractivity contribution >= 4 is 5.91 Å². The molecular formula is C22H27NO3. The number of ether oxygens (including phenoxy) is 2. The van der Waals surface area contributed by atoms with Gasteiger partial charge in [0.1, 0.15) is 17.1 Å². The highest BCUT2D eigenvalue weighted by atomic mass is 16.5. The smallest absolute Gasteiger partial charge is 0.258 e. The minimum atomic E-state index is -0.325. The molecule has 4 nitrogen and oxygen atoms in total. The molecule has 3 rings (SSSR count). The first-order valence-electron chi connectivity index (χ1n) is 9.02. The third-order valence-electron chi connectivity index (χ3n) is 4.52. The fourth-order valence-corrected chi connectivity index (χ4v) is 3.50. The van der Waals surface area contributed by atoms with Gasteiger partial charge in [-0.05, 0) is 63.9 Å². The summed E-state index contributed by atoms with van der Waals surface area (Å²) in [5, 5.41) is 3.11. The maximum absolute atomic E-state index is 12.5. The molecule has 1 atom stereocenters. The van der Waals surface area contributed by atoms with Crippen LogP contribution in [0.3, 0.4) is 0 Å². The SMILES string of the molecule is Cc1cc(C)cc(OCC(=O)N[C@@H]2CC(C)(C)Oc3ccc(C)cc32)c1. The summed E-state index contributed by atoms with van der Waals surface area (Å²) in [6.07, 6.45) is 0.721. The van der Waals surface area contributed by atoms with Crippen molar-refractivity contribution in [1.82, 2.24) is 5.32 Å². The Morgan fingerprint density at radius 2 is 1.81 bits per heavy atom. The molecule has 0 fully saturated rings. The van der Waals surface area contributed by atoms with Crippen molar-refractivity contribution in [1.29, 1.82) is 0 Å². The van der Waals surface area contributed by atoms with E-state index in [-0.39, 0.29) is 24.2 Å². The first-order valence-corrected chi connectivity index (χ1v) is 9.02. The normalized spacial score (nSPS) is 17.8. The molecule has 0 spiro atoms. The third kappa shape index (κ3) is 4.37. The van der Waals surface area contributed by atoms with Crippen molar-refractivity contribution < 1.29 is 14.3 Å². The standard InChI is InChI=1S/C22H27NO3/c1-14-6-7-20-18(11-14)19(12-22(4,5)26-20)23-21(24)13-25-17-9-15(2)8-16(3)10-17/h6-11,19H,12-13H2,1-5H3,(H,23,24)/t19-/m1/s1. The maximum atomic E-state index is 12.5. The van der Waals surface area contributed by atoms with Gasteiger partial charge in [-0.3, -0.25) is 4.79 Å². The second kappa shape index (κ2) is 7.02. The summed E-state index contributed by atoms with van der Waals surface area (Å²) >= 11 is 0. The van der Waals surface area contributed by atoms with Crippen molar-refractivity contribution in [2.45, 2.75) is 52.7 Å². The topological polar surface area (TPSA) is 47.6 Å². The Bertz CT molecular complexity index is 806. The zero-order valence-corrected chi connectivity index (χ0v) is 16.2. The fraction of sp³-hybridized carbons (Fsp3) is 0.409. The molecule has 1 N–H and O–H groups in total. The molecule has 1 aliphatic rings. The van der Waals surface area contributed by atoms with Crippen LogP contribution in [-0.2, 0) is 4.79 Å². The van der Waals surface area contributed by atoms with Crippen LogP contribution in [0.1, 0.15) is 48.6 Å². The van der Waals surface area contributed by atoms with E-state index in [0.717, 1.165) is 40.2 Å². The fourth-order valence-electron chi connectivity index (χ4n) is 3.50. The Morgan fingerprint density at radius 1 is 1.12 bits per heavy atom. The molecule has 1 amide bonds. The van der Waals surface area contributed by atoms with Gasteiger partial charge in [-0.2, -0.15) is 0 Å². The van der Waals surface area contributed by atoms with Gasteiger partial charge in [-0.25, -0.2) is 0 Å². The molecule has 0 saturated carbocycles. The molecule has 1 aliphatic heterocycles. The lowest BCUT2D eigenvalue weighted by molar-refractivity contribution is -0.124. The average molecular weight is 353 g/mol. The van der Waals surface area contributed by atoms with Gasteiger partial charge in [0.05, 0.1) is 6.04 Å². The molecule has 138 valence electrons. The van der Waals surface area contributed by atoms with Crippen LogP contribution in [0.5, 0.6) is 11.5 Å². The number of rotatable bonds is 4. The lowest BCUT2D eigenvalue weighted by Gasteiger charge is -2.38. The Balaban J connectivity index is 1.69. The highest BCUT2D eigenvalue weighted by Gasteiger charge is 2.34. The second-order valence-electron chi connectivity index (χ2n) is 7.84. The summed E-state index contributed by atoms with van der Waals surface area (Å²) in [5.41, 5.74) is 4.10. The molecule has 0 saturated heterocycles. The lowest BCUT2D eigenvalue weighted by atomic mass is 9.89. The highest BCUT2D eigenvalue weighted by Crippen LogP contribution is 2.39. The van der Waals surface area contributed by atoms with E-state index < -0.39 is 0 Å². The van der Waals surface area contributed by atoms with Crippen molar-refractivity contribution in [3.63, 3.8) is 0 Å². The third-order valence-corrected chi connectivity index (χ3v) is 4.52. The zero-order valence-electron chi connectivity index (χ0n) is 16.2. The number of carbonyl (C=O) groups excluding carboxylic acids is 1. The molecule has 1 heterocycles. The van der Waals surface area contributed by atoms with E-state index in [1.807, 2.05) is 58.9 Å². The van der Waals surface area contributed by atoms with Gasteiger partial charge in [-0.1, -0.05) is 23.8 Å². The van der Waals surface area contributed by atoms with Crippen molar-refractivity contribution in [3.05, 3.63) is 58.7 Å². The minimum Gasteiger partial charge on any atom is -0.487 e.